The number of hydrogen-bond acceptors (Lipinski definition) is 9. The molecular formula is C31H37F2N7O4S. The molecule has 0 spiro atoms. The molecule has 3 N–H and O–H groups in total. The molecule has 14 heteroatoms. The fourth-order valence-corrected chi connectivity index (χ4v) is 6.05. The van der Waals surface area contributed by atoms with Gasteiger partial charge in [-0.25, -0.2) is 26.7 Å². The van der Waals surface area contributed by atoms with E-state index in [1.807, 2.05) is 13.0 Å². The molecule has 1 saturated heterocycles. The van der Waals surface area contributed by atoms with Crippen molar-refractivity contribution in [2.75, 3.05) is 36.6 Å². The number of amides is 1. The van der Waals surface area contributed by atoms with Crippen LogP contribution in [0.1, 0.15) is 42.5 Å². The number of nitrogens with zero attached hydrogens (tertiary/aromatic N) is 5. The summed E-state index contributed by atoms with van der Waals surface area (Å²) < 4.78 is 61.0. The first-order valence-corrected chi connectivity index (χ1v) is 16.7. The Morgan fingerprint density at radius 1 is 1.16 bits per heavy atom. The van der Waals surface area contributed by atoms with Crippen molar-refractivity contribution in [1.29, 1.82) is 0 Å². The van der Waals surface area contributed by atoms with Gasteiger partial charge in [-0.3, -0.25) is 9.78 Å². The summed E-state index contributed by atoms with van der Waals surface area (Å²) in [5.74, 6) is -2.00. The summed E-state index contributed by atoms with van der Waals surface area (Å²) >= 11 is 0. The molecule has 3 aromatic heterocycles. The predicted octanol–water partition coefficient (Wildman–Crippen LogP) is 3.01. The molecular weight excluding hydrogens is 604 g/mol. The number of imidazole rings is 1. The first kappa shape index (κ1) is 32.4. The van der Waals surface area contributed by atoms with Gasteiger partial charge >= 0.3 is 0 Å². The van der Waals surface area contributed by atoms with E-state index in [1.165, 1.54) is 16.8 Å². The van der Waals surface area contributed by atoms with Crippen molar-refractivity contribution in [2.24, 2.45) is 11.7 Å². The molecule has 1 aliphatic heterocycles. The lowest BCUT2D eigenvalue weighted by Gasteiger charge is -2.42. The summed E-state index contributed by atoms with van der Waals surface area (Å²) in [5.41, 5.74) is 8.22. The van der Waals surface area contributed by atoms with Crippen molar-refractivity contribution in [1.82, 2.24) is 24.9 Å². The van der Waals surface area contributed by atoms with E-state index in [0.717, 1.165) is 23.4 Å². The number of benzene rings is 1. The second kappa shape index (κ2) is 13.2. The Kier molecular flexibility index (Phi) is 9.46. The number of aromatic nitrogens is 4. The van der Waals surface area contributed by atoms with E-state index in [0.29, 0.717) is 30.9 Å². The Balaban J connectivity index is 1.41. The number of rotatable bonds is 10. The third kappa shape index (κ3) is 7.29. The van der Waals surface area contributed by atoms with Crippen molar-refractivity contribution < 1.29 is 26.7 Å². The topological polar surface area (TPSA) is 145 Å². The van der Waals surface area contributed by atoms with E-state index in [-0.39, 0.29) is 47.7 Å². The summed E-state index contributed by atoms with van der Waals surface area (Å²) in [7, 11) is -3.14. The molecule has 0 aliphatic carbocycles. The van der Waals surface area contributed by atoms with Gasteiger partial charge in [-0.15, -0.1) is 0 Å². The van der Waals surface area contributed by atoms with Crippen LogP contribution in [0.25, 0.3) is 16.8 Å². The van der Waals surface area contributed by atoms with Crippen LogP contribution in [0.5, 0.6) is 0 Å². The summed E-state index contributed by atoms with van der Waals surface area (Å²) in [4.78, 5) is 23.6. The highest BCUT2D eigenvalue weighted by Crippen LogP contribution is 2.30. The quantitative estimate of drug-likeness (QED) is 0.267. The van der Waals surface area contributed by atoms with Crippen molar-refractivity contribution in [3.63, 3.8) is 0 Å². The number of carbonyl (C=O) groups is 1. The Bertz CT molecular complexity index is 1800. The van der Waals surface area contributed by atoms with Crippen LogP contribution in [0.2, 0.25) is 0 Å². The van der Waals surface area contributed by atoms with Gasteiger partial charge in [0.15, 0.2) is 0 Å². The normalized spacial score (nSPS) is 18.9. The average molecular weight is 642 g/mol. The number of hydrogen-bond donors (Lipinski definition) is 2. The summed E-state index contributed by atoms with van der Waals surface area (Å²) in [6.45, 7) is 6.71. The average Bonchev–Trinajstić information content (AvgIpc) is 3.35. The second-order valence-electron chi connectivity index (χ2n) is 11.8. The van der Waals surface area contributed by atoms with Crippen LogP contribution in [0.4, 0.5) is 14.5 Å². The number of piperidine rings is 1. The number of nitrogens with two attached hydrogens (primary N) is 1. The maximum atomic E-state index is 15.5. The Morgan fingerprint density at radius 3 is 2.64 bits per heavy atom. The molecule has 240 valence electrons. The smallest absolute Gasteiger partial charge is 0.254 e. The number of halogens is 2. The summed E-state index contributed by atoms with van der Waals surface area (Å²) in [5, 5.41) is 7.17. The van der Waals surface area contributed by atoms with Gasteiger partial charge in [0.2, 0.25) is 0 Å². The maximum Gasteiger partial charge on any atom is 0.254 e. The van der Waals surface area contributed by atoms with E-state index < -0.39 is 32.9 Å². The Morgan fingerprint density at radius 2 is 1.93 bits per heavy atom. The van der Waals surface area contributed by atoms with E-state index in [1.54, 1.807) is 38.5 Å². The molecule has 45 heavy (non-hydrogen) atoms. The van der Waals surface area contributed by atoms with Crippen LogP contribution in [-0.4, -0.2) is 83.8 Å². The summed E-state index contributed by atoms with van der Waals surface area (Å²) in [6, 6.07) is 6.65. The van der Waals surface area contributed by atoms with Gasteiger partial charge in [-0.2, -0.15) is 5.10 Å². The molecule has 4 heterocycles. The van der Waals surface area contributed by atoms with Gasteiger partial charge < -0.3 is 20.7 Å². The molecule has 11 nitrogen and oxygen atoms in total. The molecule has 1 aromatic carbocycles. The first-order chi connectivity index (χ1) is 21.3. The zero-order valence-electron chi connectivity index (χ0n) is 25.6. The number of pyridine rings is 1. The lowest BCUT2D eigenvalue weighted by atomic mass is 9.91. The second-order valence-corrected chi connectivity index (χ2v) is 14.1. The highest BCUT2D eigenvalue weighted by molar-refractivity contribution is 7.90. The van der Waals surface area contributed by atoms with Crippen LogP contribution < -0.4 is 16.0 Å². The van der Waals surface area contributed by atoms with Gasteiger partial charge in [0.1, 0.15) is 27.3 Å². The fraction of sp³-hybridized carbons (Fsp3) is 0.419. The molecule has 5 rings (SSSR count). The number of carbonyl (C=O) groups excluding carboxylic acids is 1. The lowest BCUT2D eigenvalue weighted by Crippen LogP contribution is -2.57. The molecule has 4 aromatic rings. The Hall–Kier alpha value is -4.01. The van der Waals surface area contributed by atoms with Crippen molar-refractivity contribution in [3.8, 4) is 11.3 Å². The number of fused-ring (bicyclic) bond motifs is 1. The van der Waals surface area contributed by atoms with Crippen molar-refractivity contribution in [3.05, 3.63) is 77.5 Å². The molecule has 3 atom stereocenters. The minimum atomic E-state index is -3.14. The first-order valence-electron chi connectivity index (χ1n) is 14.7. The lowest BCUT2D eigenvalue weighted by molar-refractivity contribution is 0.00179. The van der Waals surface area contributed by atoms with E-state index >= 15 is 4.39 Å². The molecule has 1 amide bonds. The zero-order chi connectivity index (χ0) is 32.5. The van der Waals surface area contributed by atoms with Crippen LogP contribution in [-0.2, 0) is 21.0 Å². The molecule has 0 unspecified atom stereocenters. The molecule has 0 radical (unpaired) electrons. The van der Waals surface area contributed by atoms with Gasteiger partial charge in [-0.1, -0.05) is 6.92 Å². The van der Waals surface area contributed by atoms with E-state index in [9.17, 15) is 17.6 Å². The fourth-order valence-electron chi connectivity index (χ4n) is 5.65. The van der Waals surface area contributed by atoms with Gasteiger partial charge in [0, 0.05) is 67.4 Å². The Labute approximate surface area is 260 Å². The van der Waals surface area contributed by atoms with Gasteiger partial charge in [0.25, 0.3) is 5.91 Å². The van der Waals surface area contributed by atoms with Crippen LogP contribution in [0.3, 0.4) is 0 Å². The molecule has 1 fully saturated rings. The molecule has 1 aliphatic rings. The van der Waals surface area contributed by atoms with E-state index in [2.05, 4.69) is 25.3 Å². The molecule has 0 saturated carbocycles. The van der Waals surface area contributed by atoms with Gasteiger partial charge in [-0.05, 0) is 44.2 Å². The third-order valence-corrected chi connectivity index (χ3v) is 8.63. The minimum Gasteiger partial charge on any atom is -0.375 e. The number of ether oxygens (including phenoxy) is 1. The maximum absolute atomic E-state index is 15.5. The van der Waals surface area contributed by atoms with Crippen LogP contribution in [0, 0.1) is 17.6 Å². The summed E-state index contributed by atoms with van der Waals surface area (Å²) in [6.07, 6.45) is 6.25. The third-order valence-electron chi connectivity index (χ3n) is 7.72. The predicted molar refractivity (Wildman–Crippen MR) is 167 cm³/mol. The highest BCUT2D eigenvalue weighted by atomic mass is 32.2. The van der Waals surface area contributed by atoms with E-state index in [4.69, 9.17) is 10.5 Å². The zero-order valence-corrected chi connectivity index (χ0v) is 26.4. The number of anilines is 1. The largest absolute Gasteiger partial charge is 0.375 e. The molecule has 0 bridgehead atoms. The minimum absolute atomic E-state index is 0.0140. The van der Waals surface area contributed by atoms with Crippen molar-refractivity contribution >= 4 is 26.9 Å². The SMILES string of the molecule is CC(C)NC(=O)c1ccc(F)c(-c2ccc3cnc(Cc4cnccc4N4C[C@@H](N)[C@@H](OCCS(C)(=O)=O)[C@@H](C)C4)n3n2)c1F. The van der Waals surface area contributed by atoms with Crippen LogP contribution >= 0.6 is 0 Å². The van der Waals surface area contributed by atoms with Crippen molar-refractivity contribution in [2.45, 2.75) is 45.4 Å². The highest BCUT2D eigenvalue weighted by Gasteiger charge is 2.34. The monoisotopic (exact) mass is 641 g/mol. The standard InChI is InChI=1S/C31H37F2N7O4S/c1-18(2)37-31(41)22-6-7-23(32)28(29(22)33)25-8-5-21-15-36-27(40(21)38-25)13-20-14-35-10-9-26(20)39-16-19(3)30(24(34)17-39)44-11-12-45(4,42)43/h5-10,14-15,18-19,24,30H,11-13,16-17,34H2,1-4H3,(H,37,41)/t19-,24+,30-/m0/s1. The van der Waals surface area contributed by atoms with Crippen LogP contribution in [0.15, 0.2) is 48.9 Å². The van der Waals surface area contributed by atoms with Gasteiger partial charge in [0.05, 0.1) is 47.0 Å². The number of nitrogens with one attached hydrogen (secondary N) is 1. The number of sulfone groups is 1.